The summed E-state index contributed by atoms with van der Waals surface area (Å²) in [5.41, 5.74) is 5.60. The van der Waals surface area contributed by atoms with Crippen molar-refractivity contribution in [2.45, 2.75) is 55.4 Å². The van der Waals surface area contributed by atoms with Crippen LogP contribution in [0.5, 0.6) is 0 Å². The number of aryl methyl sites for hydroxylation is 1. The van der Waals surface area contributed by atoms with Gasteiger partial charge in [-0.05, 0) is 51.3 Å². The van der Waals surface area contributed by atoms with Gasteiger partial charge in [-0.15, -0.1) is 0 Å². The number of hydrogen-bond acceptors (Lipinski definition) is 5. The monoisotopic (exact) mass is 389 g/mol. The fourth-order valence-corrected chi connectivity index (χ4v) is 5.75. The molecule has 0 spiro atoms. The molecule has 1 aliphatic heterocycles. The predicted octanol–water partition coefficient (Wildman–Crippen LogP) is 1.19. The first-order valence-corrected chi connectivity index (χ1v) is 11.3. The van der Waals surface area contributed by atoms with Gasteiger partial charge >= 0.3 is 0 Å². The van der Waals surface area contributed by atoms with Crippen LogP contribution in [0.4, 0.5) is 0 Å². The highest BCUT2D eigenvalue weighted by atomic mass is 32.2. The largest absolute Gasteiger partial charge is 0.324 e. The summed E-state index contributed by atoms with van der Waals surface area (Å²) in [4.78, 5) is -0.0257. The molecule has 0 aliphatic carbocycles. The fourth-order valence-electron chi connectivity index (χ4n) is 2.64. The molecule has 1 heterocycles. The molecule has 0 radical (unpaired) electrons. The molecule has 1 saturated heterocycles. The van der Waals surface area contributed by atoms with Crippen molar-refractivity contribution in [3.05, 3.63) is 23.8 Å². The first kappa shape index (κ1) is 20.3. The summed E-state index contributed by atoms with van der Waals surface area (Å²) in [6.45, 7) is 6.05. The van der Waals surface area contributed by atoms with Crippen molar-refractivity contribution < 1.29 is 16.8 Å². The van der Waals surface area contributed by atoms with Crippen LogP contribution in [0, 0.1) is 6.92 Å². The SMILES string of the molecule is Cc1ccc(S(=O)(=O)N2CCCCC2)cc1S(=O)(=O)NCC(C)(C)N. The molecule has 3 N–H and O–H groups in total. The molecule has 0 saturated carbocycles. The Morgan fingerprint density at radius 2 is 1.72 bits per heavy atom. The minimum Gasteiger partial charge on any atom is -0.324 e. The van der Waals surface area contributed by atoms with E-state index in [1.54, 1.807) is 20.8 Å². The van der Waals surface area contributed by atoms with Crippen LogP contribution in [0.25, 0.3) is 0 Å². The van der Waals surface area contributed by atoms with Crippen molar-refractivity contribution in [1.29, 1.82) is 0 Å². The summed E-state index contributed by atoms with van der Waals surface area (Å²) in [5.74, 6) is 0. The molecule has 0 amide bonds. The number of sulfonamides is 2. The molecule has 9 heteroatoms. The van der Waals surface area contributed by atoms with E-state index in [9.17, 15) is 16.8 Å². The third-order valence-electron chi connectivity index (χ3n) is 4.12. The standard InChI is InChI=1S/C16H27N3O4S2/c1-13-7-8-14(25(22,23)19-9-5-4-6-10-19)11-15(13)24(20,21)18-12-16(2,3)17/h7-8,11,18H,4-6,9-10,12,17H2,1-3H3. The second-order valence-corrected chi connectivity index (χ2v) is 10.9. The Balaban J connectivity index is 2.37. The Hall–Kier alpha value is -1.00. The molecule has 1 aliphatic rings. The topological polar surface area (TPSA) is 110 Å². The number of nitrogens with two attached hydrogens (primary N) is 1. The molecule has 1 aromatic rings. The minimum atomic E-state index is -3.85. The summed E-state index contributed by atoms with van der Waals surface area (Å²) in [5, 5.41) is 0. The number of hydrogen-bond donors (Lipinski definition) is 2. The van der Waals surface area contributed by atoms with Crippen molar-refractivity contribution in [2.24, 2.45) is 5.73 Å². The smallest absolute Gasteiger partial charge is 0.243 e. The number of benzene rings is 1. The van der Waals surface area contributed by atoms with Gasteiger partial charge in [-0.2, -0.15) is 4.31 Å². The van der Waals surface area contributed by atoms with Gasteiger partial charge in [0.2, 0.25) is 20.0 Å². The van der Waals surface area contributed by atoms with E-state index in [2.05, 4.69) is 4.72 Å². The molecule has 2 rings (SSSR count). The number of nitrogens with zero attached hydrogens (tertiary/aromatic N) is 1. The van der Waals surface area contributed by atoms with Gasteiger partial charge in [-0.3, -0.25) is 0 Å². The minimum absolute atomic E-state index is 0.00684. The molecule has 1 fully saturated rings. The van der Waals surface area contributed by atoms with Gasteiger partial charge < -0.3 is 5.73 Å². The summed E-state index contributed by atoms with van der Waals surface area (Å²) < 4.78 is 54.6. The Morgan fingerprint density at radius 3 is 2.28 bits per heavy atom. The summed E-state index contributed by atoms with van der Waals surface area (Å²) in [7, 11) is -7.54. The predicted molar refractivity (Wildman–Crippen MR) is 97.2 cm³/mol. The van der Waals surface area contributed by atoms with E-state index in [4.69, 9.17) is 5.73 Å². The van der Waals surface area contributed by atoms with Crippen molar-refractivity contribution in [3.8, 4) is 0 Å². The molecule has 7 nitrogen and oxygen atoms in total. The molecule has 0 unspecified atom stereocenters. The van der Waals surface area contributed by atoms with Crippen LogP contribution >= 0.6 is 0 Å². The first-order chi connectivity index (χ1) is 11.4. The first-order valence-electron chi connectivity index (χ1n) is 8.33. The lowest BCUT2D eigenvalue weighted by atomic mass is 10.1. The zero-order valence-corrected chi connectivity index (χ0v) is 16.6. The van der Waals surface area contributed by atoms with Crippen LogP contribution in [0.3, 0.4) is 0 Å². The summed E-state index contributed by atoms with van der Waals surface area (Å²) in [6, 6.07) is 4.23. The van der Waals surface area contributed by atoms with Gasteiger partial charge in [0.25, 0.3) is 0 Å². The Kier molecular flexibility index (Phi) is 5.95. The molecule has 0 bridgehead atoms. The van der Waals surface area contributed by atoms with Gasteiger partial charge in [-0.1, -0.05) is 12.5 Å². The zero-order valence-electron chi connectivity index (χ0n) is 14.9. The summed E-state index contributed by atoms with van der Waals surface area (Å²) in [6.07, 6.45) is 2.66. The lowest BCUT2D eigenvalue weighted by Gasteiger charge is -2.26. The lowest BCUT2D eigenvalue weighted by Crippen LogP contribution is -2.45. The molecular weight excluding hydrogens is 362 g/mol. The van der Waals surface area contributed by atoms with Gasteiger partial charge in [-0.25, -0.2) is 21.6 Å². The quantitative estimate of drug-likeness (QED) is 0.759. The average molecular weight is 390 g/mol. The second kappa shape index (κ2) is 7.32. The zero-order chi connectivity index (χ0) is 18.9. The average Bonchev–Trinajstić information content (AvgIpc) is 2.53. The van der Waals surface area contributed by atoms with E-state index >= 15 is 0 Å². The molecule has 0 aromatic heterocycles. The normalized spacial score (nSPS) is 17.6. The van der Waals surface area contributed by atoms with Crippen LogP contribution < -0.4 is 10.5 Å². The molecule has 0 atom stereocenters. The van der Waals surface area contributed by atoms with E-state index in [1.165, 1.54) is 22.5 Å². The van der Waals surface area contributed by atoms with E-state index < -0.39 is 25.6 Å². The maximum atomic E-state index is 12.8. The van der Waals surface area contributed by atoms with Gasteiger partial charge in [0.05, 0.1) is 9.79 Å². The van der Waals surface area contributed by atoms with Crippen LogP contribution in [0.15, 0.2) is 28.0 Å². The lowest BCUT2D eigenvalue weighted by molar-refractivity contribution is 0.346. The molecule has 25 heavy (non-hydrogen) atoms. The number of piperidine rings is 1. The maximum Gasteiger partial charge on any atom is 0.243 e. The Bertz CT molecular complexity index is 821. The fraction of sp³-hybridized carbons (Fsp3) is 0.625. The Labute approximate surface area is 150 Å². The van der Waals surface area contributed by atoms with Crippen molar-refractivity contribution in [1.82, 2.24) is 9.03 Å². The highest BCUT2D eigenvalue weighted by Gasteiger charge is 2.28. The van der Waals surface area contributed by atoms with Crippen LogP contribution in [0.1, 0.15) is 38.7 Å². The highest BCUT2D eigenvalue weighted by Crippen LogP contribution is 2.25. The third kappa shape index (κ3) is 5.01. The van der Waals surface area contributed by atoms with E-state index in [0.717, 1.165) is 19.3 Å². The number of nitrogens with one attached hydrogen (secondary N) is 1. The van der Waals surface area contributed by atoms with Gasteiger partial charge in [0, 0.05) is 25.2 Å². The van der Waals surface area contributed by atoms with E-state index in [1.807, 2.05) is 0 Å². The van der Waals surface area contributed by atoms with Crippen LogP contribution in [-0.2, 0) is 20.0 Å². The second-order valence-electron chi connectivity index (χ2n) is 7.21. The van der Waals surface area contributed by atoms with E-state index in [0.29, 0.717) is 18.7 Å². The van der Waals surface area contributed by atoms with Crippen molar-refractivity contribution >= 4 is 20.0 Å². The highest BCUT2D eigenvalue weighted by molar-refractivity contribution is 7.90. The maximum absolute atomic E-state index is 12.8. The Morgan fingerprint density at radius 1 is 1.12 bits per heavy atom. The molecule has 142 valence electrons. The van der Waals surface area contributed by atoms with Crippen LogP contribution in [-0.4, -0.2) is 46.3 Å². The number of rotatable bonds is 6. The molecular formula is C16H27N3O4S2. The van der Waals surface area contributed by atoms with Crippen LogP contribution in [0.2, 0.25) is 0 Å². The van der Waals surface area contributed by atoms with E-state index in [-0.39, 0.29) is 16.3 Å². The van der Waals surface area contributed by atoms with Crippen molar-refractivity contribution in [2.75, 3.05) is 19.6 Å². The third-order valence-corrected chi connectivity index (χ3v) is 7.56. The summed E-state index contributed by atoms with van der Waals surface area (Å²) >= 11 is 0. The molecule has 1 aromatic carbocycles. The van der Waals surface area contributed by atoms with Gasteiger partial charge in [0.15, 0.2) is 0 Å². The van der Waals surface area contributed by atoms with Crippen molar-refractivity contribution in [3.63, 3.8) is 0 Å². The van der Waals surface area contributed by atoms with Gasteiger partial charge in [0.1, 0.15) is 0 Å².